The van der Waals surface area contributed by atoms with E-state index in [1.165, 1.54) is 5.57 Å². The minimum absolute atomic E-state index is 0.0191. The maximum Gasteiger partial charge on any atom is 0.431 e. The van der Waals surface area contributed by atoms with E-state index in [2.05, 4.69) is 33.5 Å². The smallest absolute Gasteiger partial charge is 0.415 e. The van der Waals surface area contributed by atoms with E-state index in [9.17, 15) is 35.5 Å². The monoisotopic (exact) mass is 613 g/mol. The van der Waals surface area contributed by atoms with Crippen LogP contribution in [0.15, 0.2) is 11.1 Å². The summed E-state index contributed by atoms with van der Waals surface area (Å²) in [4.78, 5) is 13.7. The number of hydrogen-bond acceptors (Lipinski definition) is 2. The second-order valence-corrected chi connectivity index (χ2v) is 19.5. The van der Waals surface area contributed by atoms with E-state index >= 15 is 0 Å². The Hall–Kier alpha value is -0.903. The van der Waals surface area contributed by atoms with Crippen molar-refractivity contribution in [1.29, 1.82) is 0 Å². The lowest BCUT2D eigenvalue weighted by Crippen LogP contribution is -2.53. The maximum atomic E-state index is 14.4. The predicted octanol–water partition coefficient (Wildman–Crippen LogP) is 9.99. The fraction of sp³-hybridized carbons (Fsp3) is 0.903. The van der Waals surface area contributed by atoms with Crippen LogP contribution >= 0.6 is 0 Å². The lowest BCUT2D eigenvalue weighted by atomic mass is 9.47. The summed E-state index contributed by atoms with van der Waals surface area (Å²) in [7, 11) is -1.68. The standard InChI is InChI=1S/C31H47F7O2Si/c1-18(9-8-12-29(32,30(33,34)35)31(36,37)38)23-17-24(39)26-25-19(2)15-20-16-21(40-41(5,6)7)10-13-27(20,3)22(25)11-14-28(23,26)4/h18-23H,8-17H2,1-7H3/t18-,19-,20+,21+,22+,23-,27+,28-/m1/s1/i8D/t8-,18+,19+,20-,21-,22-,23+,27-,28+/m0. The fourth-order valence-corrected chi connectivity index (χ4v) is 10.4. The van der Waals surface area contributed by atoms with Crippen LogP contribution in [-0.4, -0.2) is 38.2 Å². The molecule has 0 bridgehead atoms. The number of hydrogen-bond donors (Lipinski definition) is 0. The van der Waals surface area contributed by atoms with Crippen molar-refractivity contribution in [3.05, 3.63) is 11.1 Å². The normalized spacial score (nSPS) is 38.6. The maximum absolute atomic E-state index is 14.4. The molecule has 0 aliphatic heterocycles. The second-order valence-electron chi connectivity index (χ2n) is 15.0. The number of fused-ring (bicyclic) bond motifs is 4. The lowest BCUT2D eigenvalue weighted by molar-refractivity contribution is -0.343. The molecule has 41 heavy (non-hydrogen) atoms. The summed E-state index contributed by atoms with van der Waals surface area (Å²) in [5.74, 6) is 0.130. The molecule has 4 rings (SSSR count). The Kier molecular flexibility index (Phi) is 8.16. The number of carbonyl (C=O) groups is 1. The molecule has 0 unspecified atom stereocenters. The Bertz CT molecular complexity index is 1070. The zero-order chi connectivity index (χ0) is 31.8. The van der Waals surface area contributed by atoms with Crippen molar-refractivity contribution in [2.24, 2.45) is 40.4 Å². The van der Waals surface area contributed by atoms with E-state index < -0.39 is 50.5 Å². The first-order chi connectivity index (χ1) is 18.9. The number of carbonyl (C=O) groups excluding carboxylic acids is 1. The fourth-order valence-electron chi connectivity index (χ4n) is 9.18. The van der Waals surface area contributed by atoms with Crippen molar-refractivity contribution in [1.82, 2.24) is 0 Å². The molecule has 0 N–H and O–H groups in total. The van der Waals surface area contributed by atoms with Crippen molar-refractivity contribution in [3.8, 4) is 0 Å². The summed E-state index contributed by atoms with van der Waals surface area (Å²) in [6.45, 7) is 14.9. The van der Waals surface area contributed by atoms with Gasteiger partial charge in [0.25, 0.3) is 5.67 Å². The van der Waals surface area contributed by atoms with Crippen LogP contribution < -0.4 is 0 Å². The van der Waals surface area contributed by atoms with Gasteiger partial charge in [-0.2, -0.15) is 26.3 Å². The highest BCUT2D eigenvalue weighted by molar-refractivity contribution is 6.69. The summed E-state index contributed by atoms with van der Waals surface area (Å²) in [5, 5.41) is 0. The molecule has 0 aromatic heterocycles. The molecule has 0 heterocycles. The van der Waals surface area contributed by atoms with Crippen molar-refractivity contribution >= 4 is 14.1 Å². The van der Waals surface area contributed by atoms with Gasteiger partial charge < -0.3 is 4.43 Å². The number of allylic oxidation sites excluding steroid dienone is 2. The SMILES string of the molecule is [2H][C@@H](C[C@@H](C)[C@H]1CC(=O)C2=C3[C@H](C)C[C@H]4C[C@@H](O[Si](C)(C)C)CC[C@]4(C)[C@H]3CC[C@@]21C)CC(F)(C(F)(F)F)C(F)(F)F. The third kappa shape index (κ3) is 5.71. The highest BCUT2D eigenvalue weighted by Crippen LogP contribution is 2.66. The van der Waals surface area contributed by atoms with E-state index in [1.54, 1.807) is 6.92 Å². The molecule has 10 heteroatoms. The average Bonchev–Trinajstić information content (AvgIpc) is 3.08. The Labute approximate surface area is 242 Å². The third-order valence-corrected chi connectivity index (χ3v) is 12.3. The summed E-state index contributed by atoms with van der Waals surface area (Å²) in [6.07, 6.45) is -10.6. The first-order valence-corrected chi connectivity index (χ1v) is 18.6. The van der Waals surface area contributed by atoms with Gasteiger partial charge >= 0.3 is 12.4 Å². The first-order valence-electron chi connectivity index (χ1n) is 15.7. The van der Waals surface area contributed by atoms with E-state index in [4.69, 9.17) is 5.80 Å². The number of rotatable bonds is 7. The molecule has 4 aliphatic rings. The van der Waals surface area contributed by atoms with Crippen molar-refractivity contribution in [2.75, 3.05) is 0 Å². The Morgan fingerprint density at radius 3 is 2.20 bits per heavy atom. The number of alkyl halides is 7. The lowest BCUT2D eigenvalue weighted by Gasteiger charge is -2.58. The van der Waals surface area contributed by atoms with E-state index in [0.717, 1.165) is 37.7 Å². The van der Waals surface area contributed by atoms with Gasteiger partial charge in [-0.1, -0.05) is 39.7 Å². The van der Waals surface area contributed by atoms with Crippen LogP contribution in [0.1, 0.15) is 93.2 Å². The zero-order valence-corrected chi connectivity index (χ0v) is 26.4. The summed E-state index contributed by atoms with van der Waals surface area (Å²) in [5.41, 5.74) is -3.90. The van der Waals surface area contributed by atoms with Gasteiger partial charge in [0.15, 0.2) is 14.1 Å². The molecule has 3 fully saturated rings. The van der Waals surface area contributed by atoms with Crippen LogP contribution in [0.25, 0.3) is 0 Å². The Morgan fingerprint density at radius 1 is 1.02 bits per heavy atom. The van der Waals surface area contributed by atoms with Gasteiger partial charge in [0.1, 0.15) is 0 Å². The molecule has 0 aromatic rings. The van der Waals surface area contributed by atoms with Crippen molar-refractivity contribution < 1.29 is 41.3 Å². The largest absolute Gasteiger partial charge is 0.431 e. The van der Waals surface area contributed by atoms with Crippen LogP contribution in [0.2, 0.25) is 19.6 Å². The number of halogens is 7. The van der Waals surface area contributed by atoms with Gasteiger partial charge in [-0.3, -0.25) is 4.79 Å². The van der Waals surface area contributed by atoms with Crippen LogP contribution in [0.5, 0.6) is 0 Å². The molecular formula is C31H47F7O2Si. The minimum atomic E-state index is -6.16. The quantitative estimate of drug-likeness (QED) is 0.211. The van der Waals surface area contributed by atoms with Gasteiger partial charge in [0.2, 0.25) is 0 Å². The average molecular weight is 614 g/mol. The molecule has 0 aromatic carbocycles. The molecule has 0 spiro atoms. The second kappa shape index (κ2) is 10.6. The molecule has 9 atom stereocenters. The Balaban J connectivity index is 1.56. The highest BCUT2D eigenvalue weighted by Gasteiger charge is 2.71. The molecule has 236 valence electrons. The van der Waals surface area contributed by atoms with Gasteiger partial charge in [0, 0.05) is 19.5 Å². The van der Waals surface area contributed by atoms with E-state index in [0.29, 0.717) is 12.3 Å². The predicted molar refractivity (Wildman–Crippen MR) is 147 cm³/mol. The molecule has 0 amide bonds. The zero-order valence-electron chi connectivity index (χ0n) is 26.4. The molecule has 4 aliphatic carbocycles. The van der Waals surface area contributed by atoms with Crippen molar-refractivity contribution in [2.45, 2.75) is 136 Å². The van der Waals surface area contributed by atoms with E-state index in [-0.39, 0.29) is 47.9 Å². The summed E-state index contributed by atoms with van der Waals surface area (Å²) < 4.78 is 108. The molecule has 2 nitrogen and oxygen atoms in total. The van der Waals surface area contributed by atoms with E-state index in [1.807, 2.05) is 6.92 Å². The van der Waals surface area contributed by atoms with Crippen LogP contribution in [0.4, 0.5) is 30.7 Å². The number of Topliss-reactive ketones (excluding diaryl/α,β-unsaturated/α-hetero) is 1. The molecule has 0 saturated heterocycles. The van der Waals surface area contributed by atoms with Gasteiger partial charge in [-0.05, 0) is 111 Å². The van der Waals surface area contributed by atoms with Gasteiger partial charge in [-0.15, -0.1) is 0 Å². The first kappa shape index (κ1) is 31.5. The van der Waals surface area contributed by atoms with Crippen molar-refractivity contribution in [3.63, 3.8) is 0 Å². The molecular weight excluding hydrogens is 565 g/mol. The Morgan fingerprint density at radius 2 is 1.63 bits per heavy atom. The van der Waals surface area contributed by atoms with Crippen LogP contribution in [0, 0.1) is 40.4 Å². The van der Waals surface area contributed by atoms with Crippen LogP contribution in [-0.2, 0) is 9.22 Å². The third-order valence-electron chi connectivity index (χ3n) is 11.2. The minimum Gasteiger partial charge on any atom is -0.415 e. The summed E-state index contributed by atoms with van der Waals surface area (Å²) in [6, 6.07) is 0. The molecule has 3 saturated carbocycles. The van der Waals surface area contributed by atoms with Gasteiger partial charge in [0.05, 0.1) is 0 Å². The topological polar surface area (TPSA) is 26.3 Å². The number of ketones is 1. The summed E-state index contributed by atoms with van der Waals surface area (Å²) >= 11 is 0. The van der Waals surface area contributed by atoms with Crippen LogP contribution in [0.3, 0.4) is 0 Å². The highest BCUT2D eigenvalue weighted by atomic mass is 28.4. The molecule has 0 radical (unpaired) electrons. The van der Waals surface area contributed by atoms with Gasteiger partial charge in [-0.25, -0.2) is 4.39 Å².